The van der Waals surface area contributed by atoms with Gasteiger partial charge in [-0.2, -0.15) is 0 Å². The molecule has 3 rings (SSSR count). The molecule has 0 radical (unpaired) electrons. The Morgan fingerprint density at radius 1 is 1.03 bits per heavy atom. The summed E-state index contributed by atoms with van der Waals surface area (Å²) in [5.74, 6) is -3.96. The average molecular weight is 478 g/mol. The van der Waals surface area contributed by atoms with Crippen LogP contribution in [0.5, 0.6) is 0 Å². The largest absolute Gasteiger partial charge is 0.469 e. The van der Waals surface area contributed by atoms with Crippen LogP contribution in [0.15, 0.2) is 42.6 Å². The molecule has 0 fully saturated rings. The Bertz CT molecular complexity index is 1160. The van der Waals surface area contributed by atoms with Gasteiger partial charge in [-0.1, -0.05) is 12.1 Å². The average Bonchev–Trinajstić information content (AvgIpc) is 3.25. The summed E-state index contributed by atoms with van der Waals surface area (Å²) in [6.45, 7) is 3.66. The second-order valence-electron chi connectivity index (χ2n) is 7.90. The quantitative estimate of drug-likeness (QED) is 0.323. The molecule has 0 saturated heterocycles. The number of anilines is 2. The first kappa shape index (κ1) is 24.2. The standard InChI is InChI=1S/C23H22F3N3O3S/c1-23(2,21(30)32-3)9-8-20-27-12-19(33-20)13-4-6-14(7-5-13)28-22(31)29-18-11-16(25)15(24)10-17(18)26/h4-7,10-12H,8-9H2,1-3H3,(H2,28,29,31). The van der Waals surface area contributed by atoms with Gasteiger partial charge in [0.05, 0.1) is 28.1 Å². The SMILES string of the molecule is COC(=O)C(C)(C)CCc1ncc(-c2ccc(NC(=O)Nc3cc(F)c(F)cc3F)cc2)s1. The van der Waals surface area contributed by atoms with Gasteiger partial charge in [-0.3, -0.25) is 4.79 Å². The number of rotatable bonds is 7. The molecule has 3 aromatic rings. The van der Waals surface area contributed by atoms with Crippen molar-refractivity contribution in [3.63, 3.8) is 0 Å². The summed E-state index contributed by atoms with van der Waals surface area (Å²) < 4.78 is 44.8. The Morgan fingerprint density at radius 2 is 1.70 bits per heavy atom. The first-order valence-electron chi connectivity index (χ1n) is 9.95. The van der Waals surface area contributed by atoms with Gasteiger partial charge in [0.2, 0.25) is 0 Å². The van der Waals surface area contributed by atoms with Crippen molar-refractivity contribution in [2.75, 3.05) is 17.7 Å². The monoisotopic (exact) mass is 477 g/mol. The second-order valence-corrected chi connectivity index (χ2v) is 9.01. The molecule has 10 heteroatoms. The van der Waals surface area contributed by atoms with E-state index in [0.29, 0.717) is 30.7 Å². The summed E-state index contributed by atoms with van der Waals surface area (Å²) in [7, 11) is 1.37. The number of amides is 2. The maximum Gasteiger partial charge on any atom is 0.323 e. The molecule has 174 valence electrons. The molecule has 0 aliphatic heterocycles. The predicted molar refractivity (Wildman–Crippen MR) is 121 cm³/mol. The molecule has 0 spiro atoms. The van der Waals surface area contributed by atoms with E-state index in [1.807, 2.05) is 13.8 Å². The normalized spacial score (nSPS) is 11.2. The number of aromatic nitrogens is 1. The molecule has 1 heterocycles. The highest BCUT2D eigenvalue weighted by molar-refractivity contribution is 7.15. The summed E-state index contributed by atoms with van der Waals surface area (Å²) in [5, 5.41) is 5.53. The van der Waals surface area contributed by atoms with Crippen LogP contribution in [0.25, 0.3) is 10.4 Å². The number of urea groups is 1. The minimum Gasteiger partial charge on any atom is -0.469 e. The lowest BCUT2D eigenvalue weighted by atomic mass is 9.88. The van der Waals surface area contributed by atoms with Crippen LogP contribution in [0.4, 0.5) is 29.3 Å². The molecule has 0 aliphatic carbocycles. The van der Waals surface area contributed by atoms with Gasteiger partial charge in [0, 0.05) is 30.4 Å². The number of benzene rings is 2. The van der Waals surface area contributed by atoms with Gasteiger partial charge in [-0.15, -0.1) is 11.3 Å². The topological polar surface area (TPSA) is 80.3 Å². The van der Waals surface area contributed by atoms with E-state index < -0.39 is 34.6 Å². The molecule has 33 heavy (non-hydrogen) atoms. The lowest BCUT2D eigenvalue weighted by Gasteiger charge is -2.20. The van der Waals surface area contributed by atoms with Gasteiger partial charge in [-0.05, 0) is 38.0 Å². The summed E-state index contributed by atoms with van der Waals surface area (Å²) in [6, 6.07) is 6.99. The number of nitrogens with one attached hydrogen (secondary N) is 2. The molecular formula is C23H22F3N3O3S. The van der Waals surface area contributed by atoms with E-state index in [1.165, 1.54) is 18.4 Å². The van der Waals surface area contributed by atoms with Crippen LogP contribution >= 0.6 is 11.3 Å². The van der Waals surface area contributed by atoms with E-state index in [4.69, 9.17) is 4.74 Å². The molecule has 2 amide bonds. The number of hydrogen-bond donors (Lipinski definition) is 2. The van der Waals surface area contributed by atoms with Crippen LogP contribution in [-0.2, 0) is 16.0 Å². The number of nitrogens with zero attached hydrogens (tertiary/aromatic N) is 1. The Kier molecular flexibility index (Phi) is 7.37. The van der Waals surface area contributed by atoms with E-state index in [-0.39, 0.29) is 5.97 Å². The third-order valence-corrected chi connectivity index (χ3v) is 6.05. The zero-order chi connectivity index (χ0) is 24.2. The van der Waals surface area contributed by atoms with E-state index in [2.05, 4.69) is 15.6 Å². The van der Waals surface area contributed by atoms with Crippen LogP contribution in [0.3, 0.4) is 0 Å². The minimum atomic E-state index is -1.34. The van der Waals surface area contributed by atoms with Gasteiger partial charge < -0.3 is 15.4 Å². The van der Waals surface area contributed by atoms with Gasteiger partial charge in [0.25, 0.3) is 0 Å². The number of halogens is 3. The fourth-order valence-electron chi connectivity index (χ4n) is 2.98. The molecule has 2 aromatic carbocycles. The van der Waals surface area contributed by atoms with Crippen LogP contribution in [0.2, 0.25) is 0 Å². The zero-order valence-corrected chi connectivity index (χ0v) is 19.0. The number of carbonyl (C=O) groups is 2. The number of carbonyl (C=O) groups excluding carboxylic acids is 2. The van der Waals surface area contributed by atoms with Crippen LogP contribution in [-0.4, -0.2) is 24.1 Å². The molecule has 2 N–H and O–H groups in total. The highest BCUT2D eigenvalue weighted by atomic mass is 32.1. The maximum absolute atomic E-state index is 13.7. The zero-order valence-electron chi connectivity index (χ0n) is 18.2. The van der Waals surface area contributed by atoms with Crippen LogP contribution in [0, 0.1) is 22.9 Å². The lowest BCUT2D eigenvalue weighted by molar-refractivity contribution is -0.151. The molecular weight excluding hydrogens is 455 g/mol. The van der Waals surface area contributed by atoms with Gasteiger partial charge in [-0.25, -0.2) is 22.9 Å². The number of hydrogen-bond acceptors (Lipinski definition) is 5. The van der Waals surface area contributed by atoms with Crippen molar-refractivity contribution in [2.24, 2.45) is 5.41 Å². The highest BCUT2D eigenvalue weighted by Crippen LogP contribution is 2.30. The van der Waals surface area contributed by atoms with Crippen molar-refractivity contribution in [3.8, 4) is 10.4 Å². The van der Waals surface area contributed by atoms with Gasteiger partial charge in [0.15, 0.2) is 11.6 Å². The van der Waals surface area contributed by atoms with Crippen LogP contribution < -0.4 is 10.6 Å². The molecule has 0 unspecified atom stereocenters. The van der Waals surface area contributed by atoms with Crippen molar-refractivity contribution in [2.45, 2.75) is 26.7 Å². The number of esters is 1. The molecule has 1 aromatic heterocycles. The molecule has 0 bridgehead atoms. The predicted octanol–water partition coefficient (Wildman–Crippen LogP) is 6.00. The van der Waals surface area contributed by atoms with Gasteiger partial charge >= 0.3 is 12.0 Å². The first-order valence-corrected chi connectivity index (χ1v) is 10.8. The van der Waals surface area contributed by atoms with E-state index in [0.717, 1.165) is 15.4 Å². The lowest BCUT2D eigenvalue weighted by Crippen LogP contribution is -2.26. The summed E-state index contributed by atoms with van der Waals surface area (Å²) in [6.07, 6.45) is 2.97. The smallest absolute Gasteiger partial charge is 0.323 e. The van der Waals surface area contributed by atoms with Crippen molar-refractivity contribution >= 4 is 34.7 Å². The van der Waals surface area contributed by atoms with Crippen molar-refractivity contribution in [3.05, 3.63) is 65.1 Å². The fourth-order valence-corrected chi connectivity index (χ4v) is 3.90. The number of aryl methyl sites for hydroxylation is 1. The van der Waals surface area contributed by atoms with E-state index in [1.54, 1.807) is 30.5 Å². The Balaban J connectivity index is 1.60. The molecule has 0 atom stereocenters. The number of methoxy groups -OCH3 is 1. The summed E-state index contributed by atoms with van der Waals surface area (Å²) in [5.41, 5.74) is 0.222. The van der Waals surface area contributed by atoms with E-state index >= 15 is 0 Å². The first-order chi connectivity index (χ1) is 15.6. The highest BCUT2D eigenvalue weighted by Gasteiger charge is 2.28. The molecule has 0 saturated carbocycles. The van der Waals surface area contributed by atoms with Crippen molar-refractivity contribution in [1.29, 1.82) is 0 Å². The number of ether oxygens (including phenoxy) is 1. The Hall–Kier alpha value is -3.40. The fraction of sp³-hybridized carbons (Fsp3) is 0.261. The molecule has 6 nitrogen and oxygen atoms in total. The van der Waals surface area contributed by atoms with Crippen molar-refractivity contribution in [1.82, 2.24) is 4.98 Å². The Morgan fingerprint density at radius 3 is 2.36 bits per heavy atom. The summed E-state index contributed by atoms with van der Waals surface area (Å²) >= 11 is 1.50. The number of thiazole rings is 1. The third-order valence-electron chi connectivity index (χ3n) is 4.94. The van der Waals surface area contributed by atoms with Crippen molar-refractivity contribution < 1.29 is 27.5 Å². The molecule has 0 aliphatic rings. The Labute approximate surface area is 192 Å². The summed E-state index contributed by atoms with van der Waals surface area (Å²) in [4.78, 5) is 29.2. The van der Waals surface area contributed by atoms with E-state index in [9.17, 15) is 22.8 Å². The van der Waals surface area contributed by atoms with Crippen LogP contribution in [0.1, 0.15) is 25.3 Å². The maximum atomic E-state index is 13.7. The second kappa shape index (κ2) is 10.0. The van der Waals surface area contributed by atoms with Gasteiger partial charge in [0.1, 0.15) is 5.82 Å². The minimum absolute atomic E-state index is 0.265. The third kappa shape index (κ3) is 6.10.